The predicted molar refractivity (Wildman–Crippen MR) is 111 cm³/mol. The molecule has 0 spiro atoms. The standard InChI is InChI=1S/C21H26FN5O/c1-2-9-27-14-17(7-8-21(27)28)24-12-15(11-23)18-13-25-20(10-19(18)22)26-16-5-3-4-6-16/h7-8,10-14,16H,2-6,9,23H2,1H3,(H,25,26). The van der Waals surface area contributed by atoms with Crippen molar-refractivity contribution in [3.05, 3.63) is 58.5 Å². The number of rotatable bonds is 7. The van der Waals surface area contributed by atoms with Gasteiger partial charge in [0.05, 0.1) is 5.69 Å². The van der Waals surface area contributed by atoms with Crippen LogP contribution in [0.4, 0.5) is 15.9 Å². The Hall–Kier alpha value is -2.96. The molecule has 0 amide bonds. The Bertz CT molecular complexity index is 929. The number of anilines is 1. The topological polar surface area (TPSA) is 85.3 Å². The summed E-state index contributed by atoms with van der Waals surface area (Å²) in [5.74, 6) is 0.128. The Balaban J connectivity index is 1.77. The molecule has 0 saturated heterocycles. The van der Waals surface area contributed by atoms with Crippen molar-refractivity contribution in [1.82, 2.24) is 9.55 Å². The number of nitrogens with two attached hydrogens (primary N) is 1. The summed E-state index contributed by atoms with van der Waals surface area (Å²) in [5, 5.41) is 3.28. The first-order valence-electron chi connectivity index (χ1n) is 9.69. The van der Waals surface area contributed by atoms with Crippen molar-refractivity contribution >= 4 is 23.3 Å². The van der Waals surface area contributed by atoms with Gasteiger partial charge in [-0.05, 0) is 25.3 Å². The van der Waals surface area contributed by atoms with Crippen LogP contribution >= 0.6 is 0 Å². The second kappa shape index (κ2) is 9.30. The van der Waals surface area contributed by atoms with Crippen molar-refractivity contribution < 1.29 is 4.39 Å². The van der Waals surface area contributed by atoms with Crippen molar-refractivity contribution in [2.24, 2.45) is 10.7 Å². The van der Waals surface area contributed by atoms with E-state index in [0.717, 1.165) is 19.3 Å². The van der Waals surface area contributed by atoms with Gasteiger partial charge in [0, 0.05) is 60.7 Å². The van der Waals surface area contributed by atoms with Crippen LogP contribution in [0.5, 0.6) is 0 Å². The summed E-state index contributed by atoms with van der Waals surface area (Å²) in [5.41, 5.74) is 6.92. The van der Waals surface area contributed by atoms with Crippen molar-refractivity contribution in [1.29, 1.82) is 0 Å². The highest BCUT2D eigenvalue weighted by molar-refractivity contribution is 6.10. The molecule has 0 aliphatic heterocycles. The molecular formula is C21H26FN5O. The summed E-state index contributed by atoms with van der Waals surface area (Å²) in [6.07, 6.45) is 11.3. The Kier molecular flexibility index (Phi) is 6.57. The zero-order valence-electron chi connectivity index (χ0n) is 16.1. The molecule has 1 fully saturated rings. The second-order valence-corrected chi connectivity index (χ2v) is 6.97. The summed E-state index contributed by atoms with van der Waals surface area (Å²) in [4.78, 5) is 20.5. The molecule has 3 rings (SSSR count). The van der Waals surface area contributed by atoms with Gasteiger partial charge in [0.2, 0.25) is 0 Å². The average molecular weight is 383 g/mol. The molecule has 0 aromatic carbocycles. The van der Waals surface area contributed by atoms with Gasteiger partial charge in [0.1, 0.15) is 11.6 Å². The number of pyridine rings is 2. The fraction of sp³-hybridized carbons (Fsp3) is 0.381. The van der Waals surface area contributed by atoms with Crippen LogP contribution in [0.2, 0.25) is 0 Å². The van der Waals surface area contributed by atoms with Gasteiger partial charge in [-0.2, -0.15) is 0 Å². The number of aliphatic imine (C=N–C) groups is 1. The Labute approximate surface area is 164 Å². The molecule has 2 heterocycles. The van der Waals surface area contributed by atoms with Gasteiger partial charge in [0.25, 0.3) is 5.56 Å². The van der Waals surface area contributed by atoms with E-state index in [1.807, 2.05) is 6.92 Å². The summed E-state index contributed by atoms with van der Waals surface area (Å²) in [6, 6.07) is 4.86. The van der Waals surface area contributed by atoms with Crippen molar-refractivity contribution in [2.45, 2.75) is 51.6 Å². The molecule has 0 atom stereocenters. The lowest BCUT2D eigenvalue weighted by molar-refractivity contribution is 0.621. The van der Waals surface area contributed by atoms with E-state index in [4.69, 9.17) is 5.73 Å². The number of hydrogen-bond acceptors (Lipinski definition) is 5. The van der Waals surface area contributed by atoms with E-state index in [-0.39, 0.29) is 11.1 Å². The van der Waals surface area contributed by atoms with Gasteiger partial charge in [0.15, 0.2) is 0 Å². The number of nitrogens with one attached hydrogen (secondary N) is 1. The van der Waals surface area contributed by atoms with E-state index in [1.165, 1.54) is 43.6 Å². The number of halogens is 1. The van der Waals surface area contributed by atoms with Crippen molar-refractivity contribution in [3.63, 3.8) is 0 Å². The molecule has 28 heavy (non-hydrogen) atoms. The Morgan fingerprint density at radius 3 is 2.89 bits per heavy atom. The zero-order chi connectivity index (χ0) is 19.9. The number of allylic oxidation sites excluding steroid dienone is 1. The van der Waals surface area contributed by atoms with Gasteiger partial charge in [-0.3, -0.25) is 9.79 Å². The number of hydrogen-bond donors (Lipinski definition) is 2. The first-order chi connectivity index (χ1) is 13.6. The van der Waals surface area contributed by atoms with Crippen LogP contribution < -0.4 is 16.6 Å². The zero-order valence-corrected chi connectivity index (χ0v) is 16.1. The maximum atomic E-state index is 14.6. The fourth-order valence-corrected chi connectivity index (χ4v) is 3.36. The van der Waals surface area contributed by atoms with Crippen LogP contribution in [0.3, 0.4) is 0 Å². The monoisotopic (exact) mass is 383 g/mol. The number of nitrogens with zero attached hydrogens (tertiary/aromatic N) is 3. The molecule has 0 bridgehead atoms. The van der Waals surface area contributed by atoms with Gasteiger partial charge in [-0.15, -0.1) is 0 Å². The molecule has 148 valence electrons. The highest BCUT2D eigenvalue weighted by Gasteiger charge is 2.16. The molecule has 2 aromatic heterocycles. The number of aromatic nitrogens is 2. The van der Waals surface area contributed by atoms with E-state index in [2.05, 4.69) is 15.3 Å². The second-order valence-electron chi connectivity index (χ2n) is 6.97. The molecule has 1 aliphatic carbocycles. The number of aryl methyl sites for hydroxylation is 1. The quantitative estimate of drug-likeness (QED) is 0.711. The van der Waals surface area contributed by atoms with Crippen LogP contribution in [-0.4, -0.2) is 21.8 Å². The Morgan fingerprint density at radius 2 is 2.21 bits per heavy atom. The van der Waals surface area contributed by atoms with Gasteiger partial charge >= 0.3 is 0 Å². The lowest BCUT2D eigenvalue weighted by atomic mass is 10.1. The summed E-state index contributed by atoms with van der Waals surface area (Å²) < 4.78 is 16.2. The largest absolute Gasteiger partial charge is 0.404 e. The first kappa shape index (κ1) is 19.8. The van der Waals surface area contributed by atoms with Crippen LogP contribution in [-0.2, 0) is 6.54 Å². The molecule has 2 aromatic rings. The third-order valence-corrected chi connectivity index (χ3v) is 4.84. The maximum absolute atomic E-state index is 14.6. The highest BCUT2D eigenvalue weighted by Crippen LogP contribution is 2.24. The van der Waals surface area contributed by atoms with Crippen LogP contribution in [0.1, 0.15) is 44.6 Å². The minimum absolute atomic E-state index is 0.0732. The van der Waals surface area contributed by atoms with Gasteiger partial charge in [-0.25, -0.2) is 9.37 Å². The van der Waals surface area contributed by atoms with E-state index in [1.54, 1.807) is 16.8 Å². The molecule has 7 heteroatoms. The van der Waals surface area contributed by atoms with Crippen LogP contribution in [0, 0.1) is 5.82 Å². The third-order valence-electron chi connectivity index (χ3n) is 4.84. The fourth-order valence-electron chi connectivity index (χ4n) is 3.36. The molecule has 3 N–H and O–H groups in total. The SMILES string of the molecule is CCCn1cc(N=CC(=CN)c2cnc(NC3CCCC3)cc2F)ccc1=O. The minimum atomic E-state index is -0.408. The smallest absolute Gasteiger partial charge is 0.250 e. The summed E-state index contributed by atoms with van der Waals surface area (Å²) in [7, 11) is 0. The molecule has 0 radical (unpaired) electrons. The molecule has 1 saturated carbocycles. The van der Waals surface area contributed by atoms with Gasteiger partial charge in [-0.1, -0.05) is 19.8 Å². The van der Waals surface area contributed by atoms with Crippen molar-refractivity contribution in [3.8, 4) is 0 Å². The highest BCUT2D eigenvalue weighted by atomic mass is 19.1. The van der Waals surface area contributed by atoms with E-state index >= 15 is 0 Å². The first-order valence-corrected chi connectivity index (χ1v) is 9.69. The van der Waals surface area contributed by atoms with E-state index in [9.17, 15) is 9.18 Å². The summed E-state index contributed by atoms with van der Waals surface area (Å²) in [6.45, 7) is 2.62. The molecular weight excluding hydrogens is 357 g/mol. The van der Waals surface area contributed by atoms with E-state index < -0.39 is 5.82 Å². The lowest BCUT2D eigenvalue weighted by Crippen LogP contribution is -2.17. The van der Waals surface area contributed by atoms with Crippen molar-refractivity contribution in [2.75, 3.05) is 5.32 Å². The minimum Gasteiger partial charge on any atom is -0.404 e. The van der Waals surface area contributed by atoms with Crippen LogP contribution in [0.25, 0.3) is 5.57 Å². The lowest BCUT2D eigenvalue weighted by Gasteiger charge is -2.13. The summed E-state index contributed by atoms with van der Waals surface area (Å²) >= 11 is 0. The molecule has 6 nitrogen and oxygen atoms in total. The Morgan fingerprint density at radius 1 is 1.43 bits per heavy atom. The maximum Gasteiger partial charge on any atom is 0.250 e. The molecule has 0 unspecified atom stereocenters. The third kappa shape index (κ3) is 4.85. The molecule has 1 aliphatic rings. The van der Waals surface area contributed by atoms with Gasteiger partial charge < -0.3 is 15.6 Å². The predicted octanol–water partition coefficient (Wildman–Crippen LogP) is 3.85. The van der Waals surface area contributed by atoms with E-state index in [0.29, 0.717) is 29.7 Å². The normalized spacial score (nSPS) is 15.4. The van der Waals surface area contributed by atoms with Crippen LogP contribution in [0.15, 0.2) is 46.6 Å². The average Bonchev–Trinajstić information content (AvgIpc) is 3.19.